The minimum Gasteiger partial charge on any atom is -0.507 e. The number of hydrogen-bond donors (Lipinski definition) is 1. The summed E-state index contributed by atoms with van der Waals surface area (Å²) in [6, 6.07) is 16.9. The first kappa shape index (κ1) is 26.3. The molecule has 0 radical (unpaired) electrons. The Bertz CT molecular complexity index is 1390. The molecule has 0 spiro atoms. The third-order valence-corrected chi connectivity index (χ3v) is 6.84. The van der Waals surface area contributed by atoms with Crippen LogP contribution in [0.25, 0.3) is 5.76 Å². The Morgan fingerprint density at radius 1 is 1.05 bits per heavy atom. The zero-order valence-electron chi connectivity index (χ0n) is 21.5. The number of amides is 1. The molecule has 1 aliphatic rings. The van der Waals surface area contributed by atoms with E-state index in [1.165, 1.54) is 12.0 Å². The fraction of sp³-hybridized carbons (Fsp3) is 0.267. The van der Waals surface area contributed by atoms with Gasteiger partial charge in [-0.25, -0.2) is 0 Å². The van der Waals surface area contributed by atoms with Crippen molar-refractivity contribution >= 4 is 34.7 Å². The number of hydrogen-bond acceptors (Lipinski definition) is 5. The predicted molar refractivity (Wildman–Crippen MR) is 146 cm³/mol. The van der Waals surface area contributed by atoms with E-state index >= 15 is 0 Å². The van der Waals surface area contributed by atoms with Crippen molar-refractivity contribution in [3.8, 4) is 11.5 Å². The number of methoxy groups -OCH3 is 1. The second-order valence-corrected chi connectivity index (χ2v) is 9.59. The molecule has 3 aromatic rings. The molecule has 1 atom stereocenters. The number of nitrogens with zero attached hydrogens (tertiary/aromatic N) is 1. The summed E-state index contributed by atoms with van der Waals surface area (Å²) < 4.78 is 11.0. The molecule has 3 aromatic carbocycles. The lowest BCUT2D eigenvalue weighted by Gasteiger charge is -2.27. The summed E-state index contributed by atoms with van der Waals surface area (Å²) in [5, 5.41) is 11.9. The van der Waals surface area contributed by atoms with Crippen molar-refractivity contribution in [2.45, 2.75) is 39.7 Å². The largest absolute Gasteiger partial charge is 0.507 e. The maximum Gasteiger partial charge on any atom is 0.300 e. The first-order valence-corrected chi connectivity index (χ1v) is 12.5. The molecule has 0 aromatic heterocycles. The first-order chi connectivity index (χ1) is 17.7. The molecule has 1 aliphatic heterocycles. The third kappa shape index (κ3) is 4.81. The van der Waals surface area contributed by atoms with Crippen molar-refractivity contribution in [3.05, 3.63) is 93.5 Å². The van der Waals surface area contributed by atoms with Gasteiger partial charge in [0.25, 0.3) is 11.7 Å². The molecule has 1 saturated heterocycles. The van der Waals surface area contributed by atoms with E-state index in [0.717, 1.165) is 22.4 Å². The number of halogens is 1. The lowest BCUT2D eigenvalue weighted by molar-refractivity contribution is -0.132. The summed E-state index contributed by atoms with van der Waals surface area (Å²) in [6.07, 6.45) is 0. The van der Waals surface area contributed by atoms with Crippen molar-refractivity contribution in [3.63, 3.8) is 0 Å². The van der Waals surface area contributed by atoms with Gasteiger partial charge in [-0.1, -0.05) is 49.7 Å². The van der Waals surface area contributed by atoms with Crippen LogP contribution >= 0.6 is 11.6 Å². The van der Waals surface area contributed by atoms with Gasteiger partial charge in [0.2, 0.25) is 0 Å². The highest BCUT2D eigenvalue weighted by atomic mass is 35.5. The Hall–Kier alpha value is -3.77. The maximum absolute atomic E-state index is 13.5. The molecule has 1 N–H and O–H groups in total. The number of ketones is 1. The van der Waals surface area contributed by atoms with E-state index in [-0.39, 0.29) is 17.3 Å². The maximum atomic E-state index is 13.5. The summed E-state index contributed by atoms with van der Waals surface area (Å²) in [5.74, 6) is -0.462. The Morgan fingerprint density at radius 3 is 2.38 bits per heavy atom. The minimum atomic E-state index is -0.847. The number of rotatable bonds is 7. The van der Waals surface area contributed by atoms with Crippen molar-refractivity contribution in [2.24, 2.45) is 0 Å². The van der Waals surface area contributed by atoms with Gasteiger partial charge in [0, 0.05) is 11.3 Å². The van der Waals surface area contributed by atoms with Gasteiger partial charge >= 0.3 is 0 Å². The van der Waals surface area contributed by atoms with Gasteiger partial charge in [0.05, 0.1) is 30.4 Å². The normalized spacial score (nSPS) is 16.9. The van der Waals surface area contributed by atoms with Crippen LogP contribution in [-0.4, -0.2) is 30.5 Å². The summed E-state index contributed by atoms with van der Waals surface area (Å²) in [4.78, 5) is 28.4. The highest BCUT2D eigenvalue weighted by molar-refractivity contribution is 6.52. The van der Waals surface area contributed by atoms with Crippen LogP contribution < -0.4 is 14.4 Å². The van der Waals surface area contributed by atoms with E-state index in [2.05, 4.69) is 0 Å². The molecule has 1 heterocycles. The van der Waals surface area contributed by atoms with Gasteiger partial charge < -0.3 is 14.6 Å². The highest BCUT2D eigenvalue weighted by Crippen LogP contribution is 2.44. The van der Waals surface area contributed by atoms with Crippen LogP contribution in [0.15, 0.2) is 66.2 Å². The van der Waals surface area contributed by atoms with Crippen LogP contribution in [0.5, 0.6) is 11.5 Å². The van der Waals surface area contributed by atoms with E-state index in [0.29, 0.717) is 28.6 Å². The van der Waals surface area contributed by atoms with E-state index < -0.39 is 17.7 Å². The van der Waals surface area contributed by atoms with Crippen LogP contribution in [0.1, 0.15) is 55.0 Å². The molecular formula is C30H30ClNO5. The van der Waals surface area contributed by atoms with Gasteiger partial charge in [0.15, 0.2) is 0 Å². The summed E-state index contributed by atoms with van der Waals surface area (Å²) in [6.45, 7) is 8.38. The second-order valence-electron chi connectivity index (χ2n) is 9.18. The molecule has 0 bridgehead atoms. The average molecular weight is 520 g/mol. The summed E-state index contributed by atoms with van der Waals surface area (Å²) in [5.41, 5.74) is 3.38. The molecule has 4 rings (SSSR count). The Balaban J connectivity index is 1.95. The lowest BCUT2D eigenvalue weighted by atomic mass is 9.91. The van der Waals surface area contributed by atoms with Gasteiger partial charge in [-0.3, -0.25) is 14.5 Å². The van der Waals surface area contributed by atoms with Gasteiger partial charge in [-0.05, 0) is 72.9 Å². The standard InChI is InChI=1S/C30H30ClNO5/c1-6-37-24-13-11-19(15-22(24)17(2)3)28(33)26-27(21-10-8-7-9-18(21)4)32(30(35)29(26)34)20-12-14-25(36-5)23(31)16-20/h7-17,27,33H,6H2,1-5H3/b28-26+. The van der Waals surface area contributed by atoms with Crippen LogP contribution in [0.2, 0.25) is 5.02 Å². The van der Waals surface area contributed by atoms with Gasteiger partial charge in [-0.2, -0.15) is 0 Å². The molecule has 1 unspecified atom stereocenters. The monoisotopic (exact) mass is 519 g/mol. The number of ether oxygens (including phenoxy) is 2. The van der Waals surface area contributed by atoms with Crippen molar-refractivity contribution in [1.29, 1.82) is 0 Å². The molecule has 192 valence electrons. The lowest BCUT2D eigenvalue weighted by Crippen LogP contribution is -2.29. The van der Waals surface area contributed by atoms with E-state index in [9.17, 15) is 14.7 Å². The quantitative estimate of drug-likeness (QED) is 0.211. The molecular weight excluding hydrogens is 490 g/mol. The highest BCUT2D eigenvalue weighted by Gasteiger charge is 2.47. The van der Waals surface area contributed by atoms with Crippen LogP contribution in [0.4, 0.5) is 5.69 Å². The predicted octanol–water partition coefficient (Wildman–Crippen LogP) is 6.81. The summed E-state index contributed by atoms with van der Waals surface area (Å²) >= 11 is 6.38. The number of aliphatic hydroxyl groups is 1. The Kier molecular flexibility index (Phi) is 7.60. The molecule has 0 aliphatic carbocycles. The second kappa shape index (κ2) is 10.7. The number of benzene rings is 3. The number of aliphatic hydroxyl groups excluding tert-OH is 1. The smallest absolute Gasteiger partial charge is 0.300 e. The van der Waals surface area contributed by atoms with Crippen molar-refractivity contribution in [2.75, 3.05) is 18.6 Å². The Morgan fingerprint density at radius 2 is 1.76 bits per heavy atom. The van der Waals surface area contributed by atoms with E-state index in [1.807, 2.05) is 58.0 Å². The third-order valence-electron chi connectivity index (χ3n) is 6.55. The number of Topliss-reactive ketones (excluding diaryl/α,β-unsaturated/α-hetero) is 1. The van der Waals surface area contributed by atoms with Gasteiger partial charge in [-0.15, -0.1) is 0 Å². The fourth-order valence-electron chi connectivity index (χ4n) is 4.68. The summed E-state index contributed by atoms with van der Waals surface area (Å²) in [7, 11) is 1.50. The van der Waals surface area contributed by atoms with Crippen LogP contribution in [0, 0.1) is 6.92 Å². The Labute approximate surface area is 222 Å². The zero-order chi connectivity index (χ0) is 26.9. The topological polar surface area (TPSA) is 76.1 Å². The first-order valence-electron chi connectivity index (χ1n) is 12.2. The number of carbonyl (C=O) groups is 2. The number of anilines is 1. The number of aryl methyl sites for hydroxylation is 1. The minimum absolute atomic E-state index is 0.0186. The molecule has 1 amide bonds. The number of carbonyl (C=O) groups excluding carboxylic acids is 2. The van der Waals surface area contributed by atoms with E-state index in [4.69, 9.17) is 21.1 Å². The SMILES string of the molecule is CCOc1ccc(/C(O)=C2\C(=O)C(=O)N(c3ccc(OC)c(Cl)c3)C2c2ccccc2C)cc1C(C)C. The van der Waals surface area contributed by atoms with Crippen molar-refractivity contribution < 1.29 is 24.2 Å². The molecule has 37 heavy (non-hydrogen) atoms. The van der Waals surface area contributed by atoms with E-state index in [1.54, 1.807) is 30.3 Å². The van der Waals surface area contributed by atoms with Gasteiger partial charge in [0.1, 0.15) is 17.3 Å². The molecule has 1 fully saturated rings. The zero-order valence-corrected chi connectivity index (χ0v) is 22.3. The molecule has 6 nitrogen and oxygen atoms in total. The average Bonchev–Trinajstić information content (AvgIpc) is 3.14. The molecule has 7 heteroatoms. The molecule has 0 saturated carbocycles. The fourth-order valence-corrected chi connectivity index (χ4v) is 4.93. The van der Waals surface area contributed by atoms with Crippen molar-refractivity contribution in [1.82, 2.24) is 0 Å². The van der Waals surface area contributed by atoms with Crippen LogP contribution in [0.3, 0.4) is 0 Å². The van der Waals surface area contributed by atoms with Crippen LogP contribution in [-0.2, 0) is 9.59 Å².